The monoisotopic (exact) mass is 476 g/mol. The van der Waals surface area contributed by atoms with E-state index in [0.29, 0.717) is 16.7 Å². The number of carbonyl (C=O) groups excluding carboxylic acids is 1. The molecule has 2 aromatic rings. The molecule has 0 radical (unpaired) electrons. The highest BCUT2D eigenvalue weighted by molar-refractivity contribution is 8.14. The predicted molar refractivity (Wildman–Crippen MR) is 124 cm³/mol. The minimum absolute atomic E-state index is 0.00394. The van der Waals surface area contributed by atoms with E-state index in [1.165, 1.54) is 11.8 Å². The van der Waals surface area contributed by atoms with Gasteiger partial charge in [-0.05, 0) is 17.7 Å². The van der Waals surface area contributed by atoms with Gasteiger partial charge in [0.2, 0.25) is 0 Å². The van der Waals surface area contributed by atoms with E-state index in [2.05, 4.69) is 4.99 Å². The molecule has 1 fully saturated rings. The molecule has 0 unspecified atom stereocenters. The molecule has 2 heterocycles. The van der Waals surface area contributed by atoms with Gasteiger partial charge in [0.15, 0.2) is 26.5 Å². The van der Waals surface area contributed by atoms with E-state index >= 15 is 0 Å². The lowest BCUT2D eigenvalue weighted by molar-refractivity contribution is -0.141. The Balaban J connectivity index is 1.50. The van der Waals surface area contributed by atoms with Gasteiger partial charge in [-0.3, -0.25) is 9.79 Å². The molecule has 0 aromatic heterocycles. The van der Waals surface area contributed by atoms with Crippen molar-refractivity contribution < 1.29 is 27.4 Å². The molecule has 2 aliphatic rings. The number of rotatable bonds is 7. The summed E-state index contributed by atoms with van der Waals surface area (Å²) in [6, 6.07) is 14.2. The van der Waals surface area contributed by atoms with Crippen LogP contribution in [-0.4, -0.2) is 63.1 Å². The van der Waals surface area contributed by atoms with Crippen molar-refractivity contribution in [3.63, 3.8) is 0 Å². The molecule has 2 atom stereocenters. The van der Waals surface area contributed by atoms with E-state index in [4.69, 9.17) is 14.2 Å². The van der Waals surface area contributed by atoms with Crippen LogP contribution in [0.2, 0.25) is 0 Å². The number of esters is 1. The molecule has 10 heteroatoms. The summed E-state index contributed by atoms with van der Waals surface area (Å²) in [5.74, 6) is 0.824. The van der Waals surface area contributed by atoms with Gasteiger partial charge in [-0.15, -0.1) is 0 Å². The van der Waals surface area contributed by atoms with Gasteiger partial charge in [0.25, 0.3) is 0 Å². The number of nitrogens with zero attached hydrogens (tertiary/aromatic N) is 2. The number of fused-ring (bicyclic) bond motifs is 1. The molecule has 0 N–H and O–H groups in total. The predicted octanol–water partition coefficient (Wildman–Crippen LogP) is 2.52. The van der Waals surface area contributed by atoms with Crippen LogP contribution in [0.25, 0.3) is 0 Å². The number of methoxy groups -OCH3 is 2. The number of hydrogen-bond acceptors (Lipinski definition) is 9. The maximum Gasteiger partial charge on any atom is 0.316 e. The molecule has 0 spiro atoms. The summed E-state index contributed by atoms with van der Waals surface area (Å²) in [6.45, 7) is 0.204. The molecule has 32 heavy (non-hydrogen) atoms. The van der Waals surface area contributed by atoms with Gasteiger partial charge in [0.05, 0.1) is 43.6 Å². The summed E-state index contributed by atoms with van der Waals surface area (Å²) in [4.78, 5) is 18.8. The summed E-state index contributed by atoms with van der Waals surface area (Å²) >= 11 is 1.25. The van der Waals surface area contributed by atoms with Gasteiger partial charge >= 0.3 is 5.97 Å². The number of anilines is 1. The fraction of sp³-hybridized carbons (Fsp3) is 0.364. The van der Waals surface area contributed by atoms with Gasteiger partial charge in [-0.1, -0.05) is 42.1 Å². The van der Waals surface area contributed by atoms with Crippen molar-refractivity contribution in [3.05, 3.63) is 54.1 Å². The maximum absolute atomic E-state index is 12.3. The van der Waals surface area contributed by atoms with Crippen LogP contribution in [0.3, 0.4) is 0 Å². The van der Waals surface area contributed by atoms with Gasteiger partial charge in [-0.25, -0.2) is 8.42 Å². The van der Waals surface area contributed by atoms with Crippen LogP contribution >= 0.6 is 11.8 Å². The third kappa shape index (κ3) is 4.86. The van der Waals surface area contributed by atoms with Crippen molar-refractivity contribution >= 4 is 38.4 Å². The Morgan fingerprint density at radius 1 is 1.09 bits per heavy atom. The lowest BCUT2D eigenvalue weighted by Crippen LogP contribution is -2.39. The Bertz CT molecular complexity index is 1120. The number of carbonyl (C=O) groups is 1. The Morgan fingerprint density at radius 2 is 1.84 bits per heavy atom. The van der Waals surface area contributed by atoms with Crippen molar-refractivity contribution in [1.82, 2.24) is 0 Å². The first-order chi connectivity index (χ1) is 15.4. The van der Waals surface area contributed by atoms with Crippen LogP contribution in [-0.2, 0) is 26.0 Å². The fourth-order valence-electron chi connectivity index (χ4n) is 3.81. The summed E-state index contributed by atoms with van der Waals surface area (Å²) in [7, 11) is -0.0795. The Morgan fingerprint density at radius 3 is 2.56 bits per heavy atom. The second-order valence-corrected chi connectivity index (χ2v) is 10.6. The zero-order valence-corrected chi connectivity index (χ0v) is 19.4. The van der Waals surface area contributed by atoms with Crippen LogP contribution in [0.4, 0.5) is 5.69 Å². The molecule has 0 amide bonds. The van der Waals surface area contributed by atoms with E-state index < -0.39 is 9.84 Å². The number of amidine groups is 1. The second-order valence-electron chi connectivity index (χ2n) is 7.47. The summed E-state index contributed by atoms with van der Waals surface area (Å²) in [6.07, 6.45) is 0. The normalized spacial score (nSPS) is 21.1. The van der Waals surface area contributed by atoms with Crippen LogP contribution in [0, 0.1) is 0 Å². The number of ether oxygens (including phenoxy) is 3. The lowest BCUT2D eigenvalue weighted by Gasteiger charge is -2.27. The quantitative estimate of drug-likeness (QED) is 0.563. The molecule has 0 saturated carbocycles. The molecular weight excluding hydrogens is 452 g/mol. The molecule has 8 nitrogen and oxygen atoms in total. The number of benzene rings is 2. The van der Waals surface area contributed by atoms with Gasteiger partial charge in [0.1, 0.15) is 6.61 Å². The van der Waals surface area contributed by atoms with Crippen molar-refractivity contribution in [2.75, 3.05) is 36.4 Å². The Labute approximate surface area is 191 Å². The third-order valence-electron chi connectivity index (χ3n) is 5.31. The third-order valence-corrected chi connectivity index (χ3v) is 7.95. The second kappa shape index (κ2) is 9.41. The smallest absolute Gasteiger partial charge is 0.316 e. The fourth-order valence-corrected chi connectivity index (χ4v) is 6.58. The average Bonchev–Trinajstić information content (AvgIpc) is 3.27. The highest BCUT2D eigenvalue weighted by Gasteiger charge is 2.47. The maximum atomic E-state index is 12.3. The highest BCUT2D eigenvalue weighted by Crippen LogP contribution is 2.38. The van der Waals surface area contributed by atoms with Crippen molar-refractivity contribution in [3.8, 4) is 11.5 Å². The van der Waals surface area contributed by atoms with E-state index in [1.807, 2.05) is 41.3 Å². The Hall–Kier alpha value is -2.72. The van der Waals surface area contributed by atoms with Crippen LogP contribution in [0.1, 0.15) is 5.56 Å². The standard InChI is InChI=1S/C22H24N2O6S2/c1-28-19-9-8-16(10-20(19)29-2)24-18-14-32(26,27)13-17(18)23-22(24)31-12-21(25)30-11-15-6-4-3-5-7-15/h3-10,17-18H,11-14H2,1-2H3/t17-,18+/m0/s1. The molecule has 2 aliphatic heterocycles. The molecule has 2 aromatic carbocycles. The van der Waals surface area contributed by atoms with Crippen LogP contribution in [0.15, 0.2) is 53.5 Å². The molecule has 4 rings (SSSR count). The number of thioether (sulfide) groups is 1. The Kier molecular flexibility index (Phi) is 6.61. The zero-order valence-electron chi connectivity index (χ0n) is 17.8. The largest absolute Gasteiger partial charge is 0.493 e. The number of sulfone groups is 1. The van der Waals surface area contributed by atoms with Gasteiger partial charge in [-0.2, -0.15) is 0 Å². The van der Waals surface area contributed by atoms with Crippen LogP contribution in [0.5, 0.6) is 11.5 Å². The lowest BCUT2D eigenvalue weighted by atomic mass is 10.1. The number of hydrogen-bond donors (Lipinski definition) is 0. The van der Waals surface area contributed by atoms with E-state index in [0.717, 1.165) is 11.3 Å². The highest BCUT2D eigenvalue weighted by atomic mass is 32.2. The molecule has 0 aliphatic carbocycles. The van der Waals surface area contributed by atoms with E-state index in [1.54, 1.807) is 26.4 Å². The molecule has 1 saturated heterocycles. The SMILES string of the molecule is COc1ccc(N2C(SCC(=O)OCc3ccccc3)=N[C@H]3CS(=O)(=O)C[C@H]32)cc1OC. The summed E-state index contributed by atoms with van der Waals surface area (Å²) < 4.78 is 40.5. The first kappa shape index (κ1) is 22.5. The summed E-state index contributed by atoms with van der Waals surface area (Å²) in [5.41, 5.74) is 1.65. The minimum Gasteiger partial charge on any atom is -0.493 e. The van der Waals surface area contributed by atoms with Crippen molar-refractivity contribution in [2.45, 2.75) is 18.7 Å². The first-order valence-electron chi connectivity index (χ1n) is 10.0. The molecule has 170 valence electrons. The zero-order chi connectivity index (χ0) is 22.7. The van der Waals surface area contributed by atoms with E-state index in [9.17, 15) is 13.2 Å². The minimum atomic E-state index is -3.17. The molecule has 0 bridgehead atoms. The average molecular weight is 477 g/mol. The molecular formula is C22H24N2O6S2. The summed E-state index contributed by atoms with van der Waals surface area (Å²) in [5, 5.41) is 0.596. The topological polar surface area (TPSA) is 94.5 Å². The van der Waals surface area contributed by atoms with Crippen LogP contribution < -0.4 is 14.4 Å². The van der Waals surface area contributed by atoms with Crippen molar-refractivity contribution in [2.24, 2.45) is 4.99 Å². The first-order valence-corrected chi connectivity index (χ1v) is 12.8. The van der Waals surface area contributed by atoms with Crippen molar-refractivity contribution in [1.29, 1.82) is 0 Å². The van der Waals surface area contributed by atoms with Gasteiger partial charge < -0.3 is 19.1 Å². The number of aliphatic imine (C=N–C) groups is 1. The van der Waals surface area contributed by atoms with E-state index in [-0.39, 0.29) is 41.9 Å². The van der Waals surface area contributed by atoms with Gasteiger partial charge in [0, 0.05) is 11.8 Å².